The number of nitrogens with one attached hydrogen (secondary N) is 3. The highest BCUT2D eigenvalue weighted by atomic mass is 16.5. The quantitative estimate of drug-likeness (QED) is 0.579. The Kier molecular flexibility index (Phi) is 6.23. The molecule has 2 amide bonds. The van der Waals surface area contributed by atoms with Crippen LogP contribution in [0.5, 0.6) is 0 Å². The lowest BCUT2D eigenvalue weighted by molar-refractivity contribution is 0.122. The zero-order valence-electron chi connectivity index (χ0n) is 17.6. The SMILES string of the molecule is Cc1ccc(NC(=O)Nc2cccc(Nc3cc(N4CCOCC4)nc(C)n3)c2)nc1. The Labute approximate surface area is 180 Å². The number of carbonyl (C=O) groups is 1. The summed E-state index contributed by atoms with van der Waals surface area (Å²) in [7, 11) is 0. The Hall–Kier alpha value is -3.72. The number of aromatic nitrogens is 3. The maximum atomic E-state index is 12.3. The standard InChI is InChI=1S/C22H25N7O2/c1-15-6-7-19(23-14-15)28-22(30)27-18-5-3-4-17(12-18)26-20-13-21(25-16(2)24-20)29-8-10-31-11-9-29/h3-7,12-14H,8-11H2,1-2H3,(H,24,25,26)(H2,23,27,28,30). The van der Waals surface area contributed by atoms with Crippen molar-refractivity contribution < 1.29 is 9.53 Å². The smallest absolute Gasteiger partial charge is 0.324 e. The molecule has 0 bridgehead atoms. The number of urea groups is 1. The van der Waals surface area contributed by atoms with Crippen LogP contribution >= 0.6 is 0 Å². The Morgan fingerprint density at radius 3 is 2.55 bits per heavy atom. The van der Waals surface area contributed by atoms with E-state index in [-0.39, 0.29) is 6.03 Å². The molecule has 4 rings (SSSR count). The van der Waals surface area contributed by atoms with Crippen molar-refractivity contribution in [2.24, 2.45) is 0 Å². The molecule has 31 heavy (non-hydrogen) atoms. The van der Waals surface area contributed by atoms with E-state index in [1.165, 1.54) is 0 Å². The van der Waals surface area contributed by atoms with Crippen molar-refractivity contribution in [3.8, 4) is 0 Å². The lowest BCUT2D eigenvalue weighted by Crippen LogP contribution is -2.36. The van der Waals surface area contributed by atoms with E-state index in [4.69, 9.17) is 4.74 Å². The first-order valence-electron chi connectivity index (χ1n) is 10.1. The van der Waals surface area contributed by atoms with Gasteiger partial charge in [0, 0.05) is 36.7 Å². The van der Waals surface area contributed by atoms with Crippen LogP contribution in [0, 0.1) is 13.8 Å². The number of rotatable bonds is 5. The van der Waals surface area contributed by atoms with Crippen molar-refractivity contribution in [2.75, 3.05) is 47.2 Å². The first kappa shape index (κ1) is 20.5. The van der Waals surface area contributed by atoms with Crippen LogP contribution in [0.15, 0.2) is 48.7 Å². The normalized spacial score (nSPS) is 13.5. The number of ether oxygens (including phenoxy) is 1. The molecule has 160 valence electrons. The van der Waals surface area contributed by atoms with Crippen LogP contribution in [0.2, 0.25) is 0 Å². The zero-order valence-corrected chi connectivity index (χ0v) is 17.6. The summed E-state index contributed by atoms with van der Waals surface area (Å²) in [5, 5.41) is 8.84. The molecule has 0 saturated carbocycles. The Morgan fingerprint density at radius 1 is 0.968 bits per heavy atom. The molecule has 9 nitrogen and oxygen atoms in total. The van der Waals surface area contributed by atoms with Gasteiger partial charge in [0.15, 0.2) is 0 Å². The fourth-order valence-corrected chi connectivity index (χ4v) is 3.21. The average molecular weight is 419 g/mol. The minimum Gasteiger partial charge on any atom is -0.378 e. The third kappa shape index (κ3) is 5.67. The second-order valence-electron chi connectivity index (χ2n) is 7.26. The summed E-state index contributed by atoms with van der Waals surface area (Å²) in [4.78, 5) is 27.7. The molecule has 1 aromatic carbocycles. The summed E-state index contributed by atoms with van der Waals surface area (Å²) in [5.74, 6) is 2.74. The molecule has 1 aliphatic rings. The topological polar surface area (TPSA) is 104 Å². The second-order valence-corrected chi connectivity index (χ2v) is 7.26. The van der Waals surface area contributed by atoms with Crippen LogP contribution in [0.25, 0.3) is 0 Å². The predicted molar refractivity (Wildman–Crippen MR) is 121 cm³/mol. The van der Waals surface area contributed by atoms with Gasteiger partial charge in [-0.2, -0.15) is 0 Å². The van der Waals surface area contributed by atoms with Gasteiger partial charge in [0.05, 0.1) is 13.2 Å². The number of morpholine rings is 1. The molecule has 1 aliphatic heterocycles. The van der Waals surface area contributed by atoms with Crippen LogP contribution in [0.1, 0.15) is 11.4 Å². The molecule has 0 unspecified atom stereocenters. The van der Waals surface area contributed by atoms with E-state index in [0.29, 0.717) is 36.4 Å². The zero-order chi connectivity index (χ0) is 21.6. The summed E-state index contributed by atoms with van der Waals surface area (Å²) in [6.07, 6.45) is 1.70. The first-order chi connectivity index (χ1) is 15.0. The van der Waals surface area contributed by atoms with Gasteiger partial charge in [0.1, 0.15) is 23.3 Å². The maximum Gasteiger partial charge on any atom is 0.324 e. The van der Waals surface area contributed by atoms with E-state index in [2.05, 4.69) is 35.8 Å². The van der Waals surface area contributed by atoms with E-state index >= 15 is 0 Å². The molecular weight excluding hydrogens is 394 g/mol. The van der Waals surface area contributed by atoms with Crippen molar-refractivity contribution in [3.05, 3.63) is 60.0 Å². The number of nitrogens with zero attached hydrogens (tertiary/aromatic N) is 4. The second kappa shape index (κ2) is 9.40. The van der Waals surface area contributed by atoms with E-state index in [1.54, 1.807) is 12.3 Å². The third-order valence-electron chi connectivity index (χ3n) is 4.71. The Bertz CT molecular complexity index is 1050. The van der Waals surface area contributed by atoms with Crippen molar-refractivity contribution in [1.29, 1.82) is 0 Å². The summed E-state index contributed by atoms with van der Waals surface area (Å²) in [5.41, 5.74) is 2.48. The number of hydrogen-bond donors (Lipinski definition) is 3. The number of hydrogen-bond acceptors (Lipinski definition) is 7. The number of pyridine rings is 1. The van der Waals surface area contributed by atoms with Crippen LogP contribution in [-0.4, -0.2) is 47.3 Å². The van der Waals surface area contributed by atoms with Gasteiger partial charge in [0.2, 0.25) is 0 Å². The minimum atomic E-state index is -0.360. The molecule has 1 saturated heterocycles. The summed E-state index contributed by atoms with van der Waals surface area (Å²) in [6, 6.07) is 12.6. The van der Waals surface area contributed by atoms with Crippen LogP contribution < -0.4 is 20.9 Å². The molecule has 0 radical (unpaired) electrons. The molecule has 1 fully saturated rings. The Balaban J connectivity index is 1.43. The number of amides is 2. The summed E-state index contributed by atoms with van der Waals surface area (Å²) < 4.78 is 5.42. The van der Waals surface area contributed by atoms with E-state index in [1.807, 2.05) is 50.2 Å². The lowest BCUT2D eigenvalue weighted by Gasteiger charge is -2.28. The highest BCUT2D eigenvalue weighted by Crippen LogP contribution is 2.22. The van der Waals surface area contributed by atoms with Crippen molar-refractivity contribution in [2.45, 2.75) is 13.8 Å². The molecule has 0 atom stereocenters. The first-order valence-corrected chi connectivity index (χ1v) is 10.1. The van der Waals surface area contributed by atoms with Crippen molar-refractivity contribution in [1.82, 2.24) is 15.0 Å². The van der Waals surface area contributed by atoms with Crippen LogP contribution in [0.4, 0.5) is 33.6 Å². The van der Waals surface area contributed by atoms with Gasteiger partial charge in [-0.25, -0.2) is 19.7 Å². The average Bonchev–Trinajstić information content (AvgIpc) is 2.76. The third-order valence-corrected chi connectivity index (χ3v) is 4.71. The van der Waals surface area contributed by atoms with Crippen LogP contribution in [-0.2, 0) is 4.74 Å². The molecule has 9 heteroatoms. The van der Waals surface area contributed by atoms with Crippen molar-refractivity contribution in [3.63, 3.8) is 0 Å². The molecule has 0 aliphatic carbocycles. The van der Waals surface area contributed by atoms with E-state index in [0.717, 1.165) is 30.2 Å². The lowest BCUT2D eigenvalue weighted by atomic mass is 10.2. The van der Waals surface area contributed by atoms with Crippen molar-refractivity contribution >= 4 is 34.9 Å². The fourth-order valence-electron chi connectivity index (χ4n) is 3.21. The van der Waals surface area contributed by atoms with Gasteiger partial charge in [-0.15, -0.1) is 0 Å². The molecule has 2 aromatic heterocycles. The number of anilines is 5. The van der Waals surface area contributed by atoms with E-state index in [9.17, 15) is 4.79 Å². The van der Waals surface area contributed by atoms with Gasteiger partial charge in [0.25, 0.3) is 0 Å². The van der Waals surface area contributed by atoms with Gasteiger partial charge >= 0.3 is 6.03 Å². The predicted octanol–water partition coefficient (Wildman–Crippen LogP) is 3.71. The summed E-state index contributed by atoms with van der Waals surface area (Å²) >= 11 is 0. The van der Waals surface area contributed by atoms with Gasteiger partial charge in [-0.05, 0) is 43.7 Å². The number of benzene rings is 1. The summed E-state index contributed by atoms with van der Waals surface area (Å²) in [6.45, 7) is 6.81. The highest BCUT2D eigenvalue weighted by Gasteiger charge is 2.14. The molecule has 3 aromatic rings. The van der Waals surface area contributed by atoms with Gasteiger partial charge in [-0.3, -0.25) is 5.32 Å². The van der Waals surface area contributed by atoms with E-state index < -0.39 is 0 Å². The van der Waals surface area contributed by atoms with Gasteiger partial charge in [-0.1, -0.05) is 12.1 Å². The molecule has 3 N–H and O–H groups in total. The largest absolute Gasteiger partial charge is 0.378 e. The number of carbonyl (C=O) groups excluding carboxylic acids is 1. The minimum absolute atomic E-state index is 0.360. The Morgan fingerprint density at radius 2 is 1.77 bits per heavy atom. The van der Waals surface area contributed by atoms with Gasteiger partial charge < -0.3 is 20.3 Å². The monoisotopic (exact) mass is 419 g/mol. The molecular formula is C22H25N7O2. The highest BCUT2D eigenvalue weighted by molar-refractivity contribution is 5.99. The molecule has 3 heterocycles. The molecule has 0 spiro atoms. The fraction of sp³-hybridized carbons (Fsp3) is 0.273. The van der Waals surface area contributed by atoms with Crippen LogP contribution in [0.3, 0.4) is 0 Å². The maximum absolute atomic E-state index is 12.3. The number of aryl methyl sites for hydroxylation is 2.